The molecule has 146 valence electrons. The second kappa shape index (κ2) is 4.11. The number of methoxy groups -OCH3 is 1. The Morgan fingerprint density at radius 2 is 2.04 bits per heavy atom. The molecule has 1 aromatic rings. The number of hydrogen-bond donors (Lipinski definition) is 1. The van der Waals surface area contributed by atoms with E-state index in [0.29, 0.717) is 5.95 Å². The van der Waals surface area contributed by atoms with Gasteiger partial charge in [-0.1, -0.05) is 20.8 Å². The molecule has 27 heavy (non-hydrogen) atoms. The molecule has 1 N–H and O–H groups in total. The predicted molar refractivity (Wildman–Crippen MR) is 92.7 cm³/mol. The normalized spacial score (nSPS) is 58.2. The fraction of sp³-hybridized carbons (Fsp3) is 0.810. The van der Waals surface area contributed by atoms with E-state index in [9.17, 15) is 5.11 Å². The van der Waals surface area contributed by atoms with E-state index < -0.39 is 22.9 Å². The summed E-state index contributed by atoms with van der Waals surface area (Å²) in [5.41, 5.74) is 0.766. The van der Waals surface area contributed by atoms with Crippen LogP contribution >= 0.6 is 0 Å². The van der Waals surface area contributed by atoms with Crippen molar-refractivity contribution in [3.05, 3.63) is 17.4 Å². The monoisotopic (exact) mass is 374 g/mol. The third-order valence-electron chi connectivity index (χ3n) is 9.13. The molecule has 0 unspecified atom stereocenters. The zero-order valence-electron chi connectivity index (χ0n) is 16.2. The molecule has 7 rings (SSSR count). The van der Waals surface area contributed by atoms with Crippen molar-refractivity contribution in [2.75, 3.05) is 7.11 Å². The van der Waals surface area contributed by atoms with Gasteiger partial charge >= 0.3 is 0 Å². The molecule has 3 aliphatic heterocycles. The maximum Gasteiger partial charge on any atom is 0.287 e. The van der Waals surface area contributed by atoms with Gasteiger partial charge in [0.15, 0.2) is 5.60 Å². The molecule has 5 fully saturated rings. The van der Waals surface area contributed by atoms with Crippen molar-refractivity contribution in [2.24, 2.45) is 11.3 Å². The lowest BCUT2D eigenvalue weighted by molar-refractivity contribution is -0.0920. The number of fused-ring (bicyclic) bond motifs is 5. The summed E-state index contributed by atoms with van der Waals surface area (Å²) in [7, 11) is 1.66. The van der Waals surface area contributed by atoms with Crippen LogP contribution in [0.2, 0.25) is 0 Å². The number of epoxide rings is 3. The zero-order valence-corrected chi connectivity index (χ0v) is 16.2. The van der Waals surface area contributed by atoms with Crippen LogP contribution < -0.4 is 4.74 Å². The van der Waals surface area contributed by atoms with Crippen LogP contribution in [0.1, 0.15) is 50.7 Å². The van der Waals surface area contributed by atoms with E-state index in [1.165, 1.54) is 11.1 Å². The van der Waals surface area contributed by atoms with Crippen molar-refractivity contribution >= 4 is 0 Å². The van der Waals surface area contributed by atoms with E-state index >= 15 is 0 Å². The highest BCUT2D eigenvalue weighted by atomic mass is 16.7. The Morgan fingerprint density at radius 1 is 1.22 bits per heavy atom. The standard InChI is InChI=1S/C21H26O6/c1-9(2)19-14(26-19)15-21(27-15)18(3)6-5-10-11(8-24-16(10)23-4)12(18)7-13-20(21,25-13)17(19)22/h8-9,12-15,17,22H,5-7H2,1-4H3/t12-,13-,14-,15-,17+,18-,19-,20+,21+/m0/s1. The highest BCUT2D eigenvalue weighted by Crippen LogP contribution is 2.83. The average molecular weight is 374 g/mol. The average Bonchev–Trinajstić information content (AvgIpc) is 3.52. The number of aliphatic hydroxyl groups excluding tert-OH is 1. The van der Waals surface area contributed by atoms with Crippen molar-refractivity contribution < 1.29 is 28.5 Å². The van der Waals surface area contributed by atoms with Gasteiger partial charge in [0.2, 0.25) is 0 Å². The lowest BCUT2D eigenvalue weighted by Crippen LogP contribution is -2.68. The minimum absolute atomic E-state index is 0.0150. The molecule has 3 saturated heterocycles. The van der Waals surface area contributed by atoms with Gasteiger partial charge in [0, 0.05) is 16.5 Å². The van der Waals surface area contributed by atoms with E-state index in [4.69, 9.17) is 23.4 Å². The van der Waals surface area contributed by atoms with Gasteiger partial charge in [0.1, 0.15) is 29.5 Å². The summed E-state index contributed by atoms with van der Waals surface area (Å²) in [5, 5.41) is 11.5. The van der Waals surface area contributed by atoms with Crippen LogP contribution in [0.5, 0.6) is 5.95 Å². The van der Waals surface area contributed by atoms with Crippen LogP contribution in [0.4, 0.5) is 0 Å². The molecule has 2 saturated carbocycles. The maximum absolute atomic E-state index is 11.5. The zero-order chi connectivity index (χ0) is 18.6. The number of ether oxygens (including phenoxy) is 4. The molecular weight excluding hydrogens is 348 g/mol. The lowest BCUT2D eigenvalue weighted by Gasteiger charge is -2.53. The van der Waals surface area contributed by atoms with Crippen molar-refractivity contribution in [1.82, 2.24) is 0 Å². The van der Waals surface area contributed by atoms with Gasteiger partial charge in [-0.3, -0.25) is 0 Å². The fourth-order valence-electron chi connectivity index (χ4n) is 7.71. The minimum atomic E-state index is -0.628. The molecule has 1 aromatic heterocycles. The smallest absolute Gasteiger partial charge is 0.287 e. The highest BCUT2D eigenvalue weighted by molar-refractivity contribution is 5.52. The third-order valence-corrected chi connectivity index (χ3v) is 9.13. The molecule has 0 aromatic carbocycles. The number of aliphatic hydroxyl groups is 1. The molecule has 0 amide bonds. The highest BCUT2D eigenvalue weighted by Gasteiger charge is 3.00. The molecule has 6 heteroatoms. The summed E-state index contributed by atoms with van der Waals surface area (Å²) in [5.74, 6) is 1.16. The van der Waals surface area contributed by atoms with Gasteiger partial charge in [-0.25, -0.2) is 0 Å². The Morgan fingerprint density at radius 3 is 2.78 bits per heavy atom. The second-order valence-electron chi connectivity index (χ2n) is 9.99. The van der Waals surface area contributed by atoms with Gasteiger partial charge in [0.05, 0.1) is 19.5 Å². The topological polar surface area (TPSA) is 80.2 Å². The molecule has 2 spiro atoms. The van der Waals surface area contributed by atoms with Crippen LogP contribution in [0.3, 0.4) is 0 Å². The molecule has 0 radical (unpaired) electrons. The van der Waals surface area contributed by atoms with Crippen molar-refractivity contribution in [3.63, 3.8) is 0 Å². The first-order valence-electron chi connectivity index (χ1n) is 10.2. The molecule has 9 atom stereocenters. The number of hydrogen-bond acceptors (Lipinski definition) is 6. The first-order chi connectivity index (χ1) is 12.9. The summed E-state index contributed by atoms with van der Waals surface area (Å²) >= 11 is 0. The van der Waals surface area contributed by atoms with Crippen LogP contribution in [0, 0.1) is 11.3 Å². The largest absolute Gasteiger partial charge is 0.468 e. The lowest BCUT2D eigenvalue weighted by atomic mass is 9.47. The summed E-state index contributed by atoms with van der Waals surface area (Å²) in [6, 6.07) is 0. The second-order valence-corrected chi connectivity index (χ2v) is 9.99. The first-order valence-corrected chi connectivity index (χ1v) is 10.2. The summed E-state index contributed by atoms with van der Waals surface area (Å²) in [4.78, 5) is 0. The molecule has 6 aliphatic rings. The Hall–Kier alpha value is -1.08. The maximum atomic E-state index is 11.5. The minimum Gasteiger partial charge on any atom is -0.468 e. The first kappa shape index (κ1) is 15.8. The van der Waals surface area contributed by atoms with Crippen LogP contribution in [0.25, 0.3) is 0 Å². The Kier molecular flexibility index (Phi) is 2.40. The van der Waals surface area contributed by atoms with Gasteiger partial charge in [-0.05, 0) is 31.1 Å². The van der Waals surface area contributed by atoms with Crippen molar-refractivity contribution in [1.29, 1.82) is 0 Å². The Bertz CT molecular complexity index is 878. The van der Waals surface area contributed by atoms with E-state index in [-0.39, 0.29) is 35.6 Å². The van der Waals surface area contributed by atoms with Gasteiger partial charge < -0.3 is 28.5 Å². The predicted octanol–water partition coefficient (Wildman–Crippen LogP) is 2.17. The Balaban J connectivity index is 1.38. The number of rotatable bonds is 2. The summed E-state index contributed by atoms with van der Waals surface area (Å²) in [6.45, 7) is 6.59. The number of furan rings is 1. The van der Waals surface area contributed by atoms with E-state index in [1.54, 1.807) is 7.11 Å². The van der Waals surface area contributed by atoms with Crippen LogP contribution in [0.15, 0.2) is 10.7 Å². The van der Waals surface area contributed by atoms with Gasteiger partial charge in [-0.15, -0.1) is 0 Å². The van der Waals surface area contributed by atoms with Crippen molar-refractivity contribution in [3.8, 4) is 5.95 Å². The summed E-state index contributed by atoms with van der Waals surface area (Å²) < 4.78 is 30.3. The third kappa shape index (κ3) is 1.29. The molecule has 6 nitrogen and oxygen atoms in total. The van der Waals surface area contributed by atoms with E-state index in [1.807, 2.05) is 6.26 Å². The molecule has 4 heterocycles. The van der Waals surface area contributed by atoms with Gasteiger partial charge in [0.25, 0.3) is 5.95 Å². The van der Waals surface area contributed by atoms with Crippen LogP contribution in [-0.4, -0.2) is 53.4 Å². The fourth-order valence-corrected chi connectivity index (χ4v) is 7.71. The SMILES string of the molecule is COc1occ2c1CC[C@@]1(C)[C@H]2C[C@@H]2O[C@@]23[C@H](O)[C@@]2(C(C)C)O[C@H]2[C@@H]2O[C@@]231. The van der Waals surface area contributed by atoms with Crippen LogP contribution in [-0.2, 0) is 20.6 Å². The molecule has 0 bridgehead atoms. The quantitative estimate of drug-likeness (QED) is 0.799. The van der Waals surface area contributed by atoms with E-state index in [2.05, 4.69) is 20.8 Å². The van der Waals surface area contributed by atoms with E-state index in [0.717, 1.165) is 19.3 Å². The summed E-state index contributed by atoms with van der Waals surface area (Å²) in [6.07, 6.45) is 4.03. The molecular formula is C21H26O6. The van der Waals surface area contributed by atoms with Crippen molar-refractivity contribution in [2.45, 2.75) is 87.2 Å². The van der Waals surface area contributed by atoms with Gasteiger partial charge in [-0.2, -0.15) is 0 Å². The molecule has 3 aliphatic carbocycles. The Labute approximate surface area is 158 Å².